The predicted octanol–water partition coefficient (Wildman–Crippen LogP) is 4.88. The number of aromatic nitrogens is 4. The van der Waals surface area contributed by atoms with Gasteiger partial charge >= 0.3 is 6.43 Å². The van der Waals surface area contributed by atoms with E-state index in [0.717, 1.165) is 11.4 Å². The fraction of sp³-hybridized carbons (Fsp3) is 0.353. The fourth-order valence-electron chi connectivity index (χ4n) is 2.51. The Morgan fingerprint density at radius 3 is 2.81 bits per heavy atom. The third-order valence-corrected chi connectivity index (χ3v) is 5.62. The summed E-state index contributed by atoms with van der Waals surface area (Å²) in [6, 6.07) is 9.45. The minimum atomic E-state index is -2.80. The maximum atomic E-state index is 12.7. The summed E-state index contributed by atoms with van der Waals surface area (Å²) < 4.78 is 34.2. The molecule has 0 saturated heterocycles. The molecule has 2 heterocycles. The van der Waals surface area contributed by atoms with Gasteiger partial charge in [0.2, 0.25) is 0 Å². The molecule has 3 aromatic rings. The molecule has 1 aliphatic carbocycles. The Hall–Kier alpha value is -2.13. The topological polar surface area (TPSA) is 60.0 Å². The van der Waals surface area contributed by atoms with Crippen LogP contribution in [0.15, 0.2) is 34.7 Å². The molecule has 0 unspecified atom stereocenters. The summed E-state index contributed by atoms with van der Waals surface area (Å²) >= 11 is 7.92. The van der Waals surface area contributed by atoms with Gasteiger partial charge in [-0.25, -0.2) is 0 Å². The lowest BCUT2D eigenvalue weighted by Gasteiger charge is -2.23. The monoisotopic (exact) mass is 411 g/mol. The Morgan fingerprint density at radius 2 is 2.15 bits per heavy atom. The molecule has 0 radical (unpaired) electrons. The van der Waals surface area contributed by atoms with E-state index in [9.17, 15) is 8.78 Å². The van der Waals surface area contributed by atoms with Crippen molar-refractivity contribution in [1.29, 1.82) is 0 Å². The van der Waals surface area contributed by atoms with E-state index in [4.69, 9.17) is 16.0 Å². The van der Waals surface area contributed by atoms with E-state index in [0.29, 0.717) is 22.5 Å². The van der Waals surface area contributed by atoms with Crippen LogP contribution in [0.4, 0.5) is 14.5 Å². The smallest absolute Gasteiger partial charge is 0.314 e. The summed E-state index contributed by atoms with van der Waals surface area (Å²) in [6.45, 7) is 0.570. The summed E-state index contributed by atoms with van der Waals surface area (Å²) in [5.41, 5.74) is 2.25. The number of hydrogen-bond acceptors (Lipinski definition) is 6. The van der Waals surface area contributed by atoms with E-state index in [1.807, 2.05) is 24.3 Å². The molecule has 0 bridgehead atoms. The number of nitrogens with zero attached hydrogens (tertiary/aromatic N) is 5. The van der Waals surface area contributed by atoms with E-state index in [-0.39, 0.29) is 5.89 Å². The molecule has 142 valence electrons. The predicted molar refractivity (Wildman–Crippen MR) is 99.7 cm³/mol. The molecule has 0 aliphatic heterocycles. The summed E-state index contributed by atoms with van der Waals surface area (Å²) in [4.78, 5) is 0. The molecule has 10 heteroatoms. The van der Waals surface area contributed by atoms with Crippen molar-refractivity contribution in [2.75, 3.05) is 4.31 Å². The van der Waals surface area contributed by atoms with Crippen molar-refractivity contribution in [3.63, 3.8) is 0 Å². The Balaban J connectivity index is 1.58. The molecular formula is C17H16ClF2N5OS. The average Bonchev–Trinajstić information content (AvgIpc) is 3.16. The number of alkyl halides is 2. The third-order valence-electron chi connectivity index (χ3n) is 4.03. The van der Waals surface area contributed by atoms with Gasteiger partial charge < -0.3 is 8.72 Å². The Kier molecular flexibility index (Phi) is 5.05. The molecule has 1 saturated carbocycles. The minimum absolute atomic E-state index is 0.0173. The van der Waals surface area contributed by atoms with E-state index in [2.05, 4.69) is 19.6 Å². The van der Waals surface area contributed by atoms with E-state index < -0.39 is 12.3 Å². The number of halogens is 3. The zero-order valence-corrected chi connectivity index (χ0v) is 15.9. The lowest BCUT2D eigenvalue weighted by atomic mass is 10.3. The standard InChI is InChI=1S/C17H16ClF2N5OS/c1-24-12(8-14(23-24)16-21-22-17(26-16)15(19)20)9-25(27-13-5-6-13)11-4-2-3-10(18)7-11/h2-4,7-8,13,15H,5-6,9H2,1H3. The number of aryl methyl sites for hydroxylation is 1. The van der Waals surface area contributed by atoms with Crippen LogP contribution in [0.2, 0.25) is 5.02 Å². The first kappa shape index (κ1) is 18.2. The molecule has 1 aliphatic rings. The first-order chi connectivity index (χ1) is 13.0. The van der Waals surface area contributed by atoms with Gasteiger partial charge in [-0.1, -0.05) is 17.7 Å². The van der Waals surface area contributed by atoms with E-state index >= 15 is 0 Å². The third kappa shape index (κ3) is 4.24. The van der Waals surface area contributed by atoms with Gasteiger partial charge in [0.15, 0.2) is 0 Å². The van der Waals surface area contributed by atoms with Crippen LogP contribution >= 0.6 is 23.5 Å². The van der Waals surface area contributed by atoms with Gasteiger partial charge in [0.25, 0.3) is 11.8 Å². The molecule has 0 spiro atoms. The highest BCUT2D eigenvalue weighted by Crippen LogP contribution is 2.40. The molecular weight excluding hydrogens is 396 g/mol. The van der Waals surface area contributed by atoms with Crippen LogP contribution in [-0.2, 0) is 13.6 Å². The van der Waals surface area contributed by atoms with Crippen molar-refractivity contribution in [2.45, 2.75) is 31.1 Å². The molecule has 6 nitrogen and oxygen atoms in total. The minimum Gasteiger partial charge on any atom is -0.413 e. The number of benzene rings is 1. The van der Waals surface area contributed by atoms with Crippen LogP contribution in [0.25, 0.3) is 11.6 Å². The van der Waals surface area contributed by atoms with E-state index in [1.54, 1.807) is 29.7 Å². The molecule has 1 fully saturated rings. The van der Waals surface area contributed by atoms with Crippen molar-refractivity contribution < 1.29 is 13.2 Å². The summed E-state index contributed by atoms with van der Waals surface area (Å²) in [6.07, 6.45) is -0.421. The summed E-state index contributed by atoms with van der Waals surface area (Å²) in [7, 11) is 1.79. The molecule has 27 heavy (non-hydrogen) atoms. The molecule has 1 aromatic carbocycles. The van der Waals surface area contributed by atoms with Crippen molar-refractivity contribution in [2.24, 2.45) is 7.05 Å². The average molecular weight is 412 g/mol. The second-order valence-electron chi connectivity index (χ2n) is 6.21. The van der Waals surface area contributed by atoms with Crippen LogP contribution in [0.1, 0.15) is 30.9 Å². The Bertz CT molecular complexity index is 943. The SMILES string of the molecule is Cn1nc(-c2nnc(C(F)F)o2)cc1CN(SC1CC1)c1cccc(Cl)c1. The second kappa shape index (κ2) is 7.47. The van der Waals surface area contributed by atoms with Crippen molar-refractivity contribution >= 4 is 29.2 Å². The quantitative estimate of drug-likeness (QED) is 0.516. The van der Waals surface area contributed by atoms with Crippen LogP contribution < -0.4 is 4.31 Å². The Morgan fingerprint density at radius 1 is 1.33 bits per heavy atom. The molecule has 0 amide bonds. The first-order valence-electron chi connectivity index (χ1n) is 8.34. The molecule has 0 N–H and O–H groups in total. The maximum absolute atomic E-state index is 12.7. The Labute approximate surface area is 163 Å². The second-order valence-corrected chi connectivity index (χ2v) is 7.97. The molecule has 0 atom stereocenters. The highest BCUT2D eigenvalue weighted by molar-refractivity contribution is 8.01. The summed E-state index contributed by atoms with van der Waals surface area (Å²) in [5.74, 6) is -0.724. The van der Waals surface area contributed by atoms with Gasteiger partial charge in [-0.05, 0) is 49.1 Å². The zero-order chi connectivity index (χ0) is 19.0. The van der Waals surface area contributed by atoms with Gasteiger partial charge in [-0.15, -0.1) is 10.2 Å². The van der Waals surface area contributed by atoms with Gasteiger partial charge in [-0.2, -0.15) is 13.9 Å². The lowest BCUT2D eigenvalue weighted by Crippen LogP contribution is -2.17. The number of rotatable bonds is 7. The first-order valence-corrected chi connectivity index (χ1v) is 9.56. The largest absolute Gasteiger partial charge is 0.413 e. The van der Waals surface area contributed by atoms with Crippen LogP contribution in [0.5, 0.6) is 0 Å². The van der Waals surface area contributed by atoms with Gasteiger partial charge in [0, 0.05) is 23.0 Å². The van der Waals surface area contributed by atoms with Crippen molar-refractivity contribution in [3.8, 4) is 11.6 Å². The normalized spacial score (nSPS) is 14.1. The van der Waals surface area contributed by atoms with Crippen LogP contribution in [-0.4, -0.2) is 25.2 Å². The van der Waals surface area contributed by atoms with Gasteiger partial charge in [-0.3, -0.25) is 4.68 Å². The van der Waals surface area contributed by atoms with Gasteiger partial charge in [0.1, 0.15) is 5.69 Å². The zero-order valence-electron chi connectivity index (χ0n) is 14.3. The molecule has 4 rings (SSSR count). The number of hydrogen-bond donors (Lipinski definition) is 0. The lowest BCUT2D eigenvalue weighted by molar-refractivity contribution is 0.116. The number of anilines is 1. The summed E-state index contributed by atoms with van der Waals surface area (Å²) in [5, 5.41) is 12.6. The molecule has 2 aromatic heterocycles. The van der Waals surface area contributed by atoms with Crippen molar-refractivity contribution in [3.05, 3.63) is 46.9 Å². The highest BCUT2D eigenvalue weighted by Gasteiger charge is 2.27. The maximum Gasteiger partial charge on any atom is 0.314 e. The van der Waals surface area contributed by atoms with E-state index in [1.165, 1.54) is 12.8 Å². The van der Waals surface area contributed by atoms with Crippen LogP contribution in [0, 0.1) is 0 Å². The van der Waals surface area contributed by atoms with Gasteiger partial charge in [0.05, 0.1) is 12.2 Å². The fourth-order valence-corrected chi connectivity index (χ4v) is 3.84. The van der Waals surface area contributed by atoms with Crippen molar-refractivity contribution in [1.82, 2.24) is 20.0 Å². The van der Waals surface area contributed by atoms with Crippen LogP contribution in [0.3, 0.4) is 0 Å². The highest BCUT2D eigenvalue weighted by atomic mass is 35.5.